The fourth-order valence-corrected chi connectivity index (χ4v) is 4.50. The van der Waals surface area contributed by atoms with Crippen molar-refractivity contribution in [2.45, 2.75) is 36.9 Å². The summed E-state index contributed by atoms with van der Waals surface area (Å²) in [4.78, 5) is 4.34. The van der Waals surface area contributed by atoms with Crippen LogP contribution in [0.1, 0.15) is 36.9 Å². The van der Waals surface area contributed by atoms with Crippen LogP contribution >= 0.6 is 0 Å². The van der Waals surface area contributed by atoms with Crippen molar-refractivity contribution in [2.75, 3.05) is 18.8 Å². The first-order chi connectivity index (χ1) is 8.65. The summed E-state index contributed by atoms with van der Waals surface area (Å²) in [6.07, 6.45) is 2.87. The van der Waals surface area contributed by atoms with Crippen LogP contribution in [0.2, 0.25) is 0 Å². The maximum absolute atomic E-state index is 11.7. The zero-order valence-corrected chi connectivity index (χ0v) is 10.9. The molecule has 2 aliphatic rings. The third kappa shape index (κ3) is 2.29. The predicted octanol–water partition coefficient (Wildman–Crippen LogP) is 0.266. The van der Waals surface area contributed by atoms with Crippen molar-refractivity contribution in [3.8, 4) is 0 Å². The smallest absolute Gasteiger partial charge is 0.231 e. The summed E-state index contributed by atoms with van der Waals surface area (Å²) in [5.41, 5.74) is 0. The van der Waals surface area contributed by atoms with Crippen LogP contribution in [0.25, 0.3) is 0 Å². The quantitative estimate of drug-likeness (QED) is 0.849. The van der Waals surface area contributed by atoms with Crippen LogP contribution < -0.4 is 5.32 Å². The van der Waals surface area contributed by atoms with Gasteiger partial charge in [-0.1, -0.05) is 5.16 Å². The van der Waals surface area contributed by atoms with Gasteiger partial charge in [-0.2, -0.15) is 4.98 Å². The third-order valence-corrected chi connectivity index (χ3v) is 6.04. The molecule has 2 atom stereocenters. The lowest BCUT2D eigenvalue weighted by Crippen LogP contribution is -2.19. The number of nitrogens with one attached hydrogen (secondary N) is 1. The standard InChI is InChI=1S/C11H17N3O3S/c15-18(16)5-1-2-9(18)6-10-13-11(17-14-10)8-3-4-12-7-8/h8-9,12H,1-7H2. The Bertz CT molecular complexity index is 519. The Labute approximate surface area is 106 Å². The van der Waals surface area contributed by atoms with Crippen molar-refractivity contribution in [3.63, 3.8) is 0 Å². The summed E-state index contributed by atoms with van der Waals surface area (Å²) in [6, 6.07) is 0. The number of nitrogens with zero attached hydrogens (tertiary/aromatic N) is 2. The molecular formula is C11H17N3O3S. The Morgan fingerprint density at radius 3 is 2.94 bits per heavy atom. The topological polar surface area (TPSA) is 85.1 Å². The summed E-state index contributed by atoms with van der Waals surface area (Å²) in [5, 5.41) is 6.84. The van der Waals surface area contributed by atoms with E-state index in [0.717, 1.165) is 32.4 Å². The van der Waals surface area contributed by atoms with Gasteiger partial charge in [0.1, 0.15) is 0 Å². The van der Waals surface area contributed by atoms with Gasteiger partial charge in [-0.05, 0) is 25.8 Å². The van der Waals surface area contributed by atoms with Gasteiger partial charge in [-0.25, -0.2) is 8.42 Å². The molecule has 0 radical (unpaired) electrons. The predicted molar refractivity (Wildman–Crippen MR) is 65.0 cm³/mol. The number of sulfone groups is 1. The van der Waals surface area contributed by atoms with Crippen molar-refractivity contribution >= 4 is 9.84 Å². The maximum atomic E-state index is 11.7. The van der Waals surface area contributed by atoms with E-state index in [1.54, 1.807) is 0 Å². The van der Waals surface area contributed by atoms with E-state index in [1.165, 1.54) is 0 Å². The Kier molecular flexibility index (Phi) is 3.11. The van der Waals surface area contributed by atoms with Crippen molar-refractivity contribution < 1.29 is 12.9 Å². The van der Waals surface area contributed by atoms with Crippen molar-refractivity contribution in [2.24, 2.45) is 0 Å². The highest BCUT2D eigenvalue weighted by molar-refractivity contribution is 7.92. The normalized spacial score (nSPS) is 30.9. The van der Waals surface area contributed by atoms with Crippen molar-refractivity contribution in [1.82, 2.24) is 15.5 Å². The second-order valence-corrected chi connectivity index (χ2v) is 7.47. The van der Waals surface area contributed by atoms with E-state index in [4.69, 9.17) is 4.52 Å². The summed E-state index contributed by atoms with van der Waals surface area (Å²) >= 11 is 0. The maximum Gasteiger partial charge on any atom is 0.231 e. The number of aromatic nitrogens is 2. The molecule has 0 aromatic carbocycles. The highest BCUT2D eigenvalue weighted by atomic mass is 32.2. The van der Waals surface area contributed by atoms with Gasteiger partial charge in [0.25, 0.3) is 0 Å². The Morgan fingerprint density at radius 2 is 2.28 bits per heavy atom. The molecule has 3 rings (SSSR count). The highest BCUT2D eigenvalue weighted by Crippen LogP contribution is 2.24. The Balaban J connectivity index is 1.70. The van der Waals surface area contributed by atoms with Crippen LogP contribution in [-0.2, 0) is 16.3 Å². The van der Waals surface area contributed by atoms with Crippen LogP contribution in [-0.4, -0.2) is 42.7 Å². The first kappa shape index (κ1) is 12.1. The zero-order chi connectivity index (χ0) is 12.6. The van der Waals surface area contributed by atoms with Gasteiger partial charge < -0.3 is 9.84 Å². The van der Waals surface area contributed by atoms with Crippen molar-refractivity contribution in [1.29, 1.82) is 0 Å². The molecule has 0 bridgehead atoms. The lowest BCUT2D eigenvalue weighted by atomic mass is 10.1. The first-order valence-electron chi connectivity index (χ1n) is 6.40. The fraction of sp³-hybridized carbons (Fsp3) is 0.818. The molecule has 2 saturated heterocycles. The van der Waals surface area contributed by atoms with Crippen LogP contribution in [0, 0.1) is 0 Å². The van der Waals surface area contributed by atoms with Gasteiger partial charge in [0, 0.05) is 13.0 Å². The summed E-state index contributed by atoms with van der Waals surface area (Å²) in [5.74, 6) is 1.76. The van der Waals surface area contributed by atoms with Crippen LogP contribution in [0.15, 0.2) is 4.52 Å². The molecule has 0 saturated carbocycles. The molecule has 6 nitrogen and oxygen atoms in total. The average Bonchev–Trinajstić information content (AvgIpc) is 3.02. The molecule has 2 unspecified atom stereocenters. The zero-order valence-electron chi connectivity index (χ0n) is 10.1. The summed E-state index contributed by atoms with van der Waals surface area (Å²) in [6.45, 7) is 1.84. The lowest BCUT2D eigenvalue weighted by Gasteiger charge is -2.04. The SMILES string of the molecule is O=S1(=O)CCCC1Cc1noc(C2CCNC2)n1. The van der Waals surface area contributed by atoms with Gasteiger partial charge >= 0.3 is 0 Å². The number of hydrogen-bond acceptors (Lipinski definition) is 6. The van der Waals surface area contributed by atoms with E-state index in [9.17, 15) is 8.42 Å². The molecule has 3 heterocycles. The van der Waals surface area contributed by atoms with E-state index in [0.29, 0.717) is 23.9 Å². The average molecular weight is 271 g/mol. The van der Waals surface area contributed by atoms with Crippen LogP contribution in [0.4, 0.5) is 0 Å². The van der Waals surface area contributed by atoms with Gasteiger partial charge in [-0.15, -0.1) is 0 Å². The van der Waals surface area contributed by atoms with Gasteiger partial charge in [-0.3, -0.25) is 0 Å². The first-order valence-corrected chi connectivity index (χ1v) is 8.11. The number of hydrogen-bond donors (Lipinski definition) is 1. The van der Waals surface area contributed by atoms with Gasteiger partial charge in [0.05, 0.1) is 16.9 Å². The molecule has 7 heteroatoms. The molecule has 0 spiro atoms. The van der Waals surface area contributed by atoms with Crippen molar-refractivity contribution in [3.05, 3.63) is 11.7 Å². The fourth-order valence-electron chi connectivity index (χ4n) is 2.67. The van der Waals surface area contributed by atoms with E-state index in [1.807, 2.05) is 0 Å². The monoisotopic (exact) mass is 271 g/mol. The summed E-state index contributed by atoms with van der Waals surface area (Å²) < 4.78 is 28.7. The third-order valence-electron chi connectivity index (χ3n) is 3.77. The second-order valence-electron chi connectivity index (χ2n) is 5.07. The van der Waals surface area contributed by atoms with Gasteiger partial charge in [0.2, 0.25) is 5.89 Å². The molecular weight excluding hydrogens is 254 g/mol. The largest absolute Gasteiger partial charge is 0.339 e. The Hall–Kier alpha value is -0.950. The van der Waals surface area contributed by atoms with E-state index in [2.05, 4.69) is 15.5 Å². The molecule has 18 heavy (non-hydrogen) atoms. The molecule has 1 aromatic heterocycles. The molecule has 1 aromatic rings. The van der Waals surface area contributed by atoms with Crippen LogP contribution in [0.3, 0.4) is 0 Å². The lowest BCUT2D eigenvalue weighted by molar-refractivity contribution is 0.354. The van der Waals surface area contributed by atoms with Gasteiger partial charge in [0.15, 0.2) is 15.7 Å². The molecule has 2 fully saturated rings. The van der Waals surface area contributed by atoms with Crippen LogP contribution in [0.5, 0.6) is 0 Å². The highest BCUT2D eigenvalue weighted by Gasteiger charge is 2.33. The minimum atomic E-state index is -2.93. The molecule has 2 aliphatic heterocycles. The second kappa shape index (κ2) is 4.62. The minimum absolute atomic E-state index is 0.284. The minimum Gasteiger partial charge on any atom is -0.339 e. The molecule has 1 N–H and O–H groups in total. The summed E-state index contributed by atoms with van der Waals surface area (Å²) in [7, 11) is -2.93. The van der Waals surface area contributed by atoms with E-state index >= 15 is 0 Å². The molecule has 0 amide bonds. The molecule has 0 aliphatic carbocycles. The Morgan fingerprint density at radius 1 is 1.39 bits per heavy atom. The molecule has 100 valence electrons. The van der Waals surface area contributed by atoms with E-state index in [-0.39, 0.29) is 11.2 Å². The van der Waals surface area contributed by atoms with E-state index < -0.39 is 9.84 Å². The number of rotatable bonds is 3.